The molecule has 1 aromatic rings. The smallest absolute Gasteiger partial charge is 0.263 e. The Hall–Kier alpha value is -1.54. The first-order chi connectivity index (χ1) is 9.23. The van der Waals surface area contributed by atoms with Crippen LogP contribution in [0.4, 0.5) is 10.7 Å². The van der Waals surface area contributed by atoms with Crippen molar-refractivity contribution in [2.45, 2.75) is 11.8 Å². The van der Waals surface area contributed by atoms with Crippen molar-refractivity contribution in [3.05, 3.63) is 17.5 Å². The highest BCUT2D eigenvalue weighted by molar-refractivity contribution is 7.91. The Kier molecular flexibility index (Phi) is 5.18. The summed E-state index contributed by atoms with van der Waals surface area (Å²) in [5.41, 5.74) is 5.88. The molecule has 0 radical (unpaired) electrons. The van der Waals surface area contributed by atoms with Gasteiger partial charge in [-0.25, -0.2) is 8.42 Å². The van der Waals surface area contributed by atoms with Gasteiger partial charge in [-0.05, 0) is 6.92 Å². The van der Waals surface area contributed by atoms with Gasteiger partial charge in [0.15, 0.2) is 9.84 Å². The van der Waals surface area contributed by atoms with Crippen LogP contribution in [0.25, 0.3) is 0 Å². The van der Waals surface area contributed by atoms with Gasteiger partial charge in [0, 0.05) is 26.4 Å². The third kappa shape index (κ3) is 3.31. The molecule has 0 saturated carbocycles. The van der Waals surface area contributed by atoms with E-state index in [-0.39, 0.29) is 15.5 Å². The molecule has 0 aliphatic rings. The van der Waals surface area contributed by atoms with Crippen LogP contribution >= 0.6 is 11.3 Å². The molecule has 8 heteroatoms. The first-order valence-corrected chi connectivity index (χ1v) is 8.67. The largest absolute Gasteiger partial charge is 0.396 e. The highest BCUT2D eigenvalue weighted by Crippen LogP contribution is 2.40. The van der Waals surface area contributed by atoms with Crippen molar-refractivity contribution in [3.8, 4) is 0 Å². The van der Waals surface area contributed by atoms with Gasteiger partial charge in [0.2, 0.25) is 0 Å². The van der Waals surface area contributed by atoms with Crippen molar-refractivity contribution in [2.75, 3.05) is 37.0 Å². The lowest BCUT2D eigenvalue weighted by Crippen LogP contribution is -2.23. The molecular formula is C12H19N3O3S2. The maximum atomic E-state index is 12.0. The van der Waals surface area contributed by atoms with Gasteiger partial charge < -0.3 is 16.0 Å². The molecule has 0 atom stereocenters. The number of hydrogen-bond donors (Lipinski definition) is 2. The third-order valence-electron chi connectivity index (χ3n) is 2.69. The number of carbonyl (C=O) groups is 1. The van der Waals surface area contributed by atoms with Crippen LogP contribution < -0.4 is 16.0 Å². The molecule has 0 aromatic carbocycles. The zero-order chi connectivity index (χ0) is 15.5. The van der Waals surface area contributed by atoms with E-state index in [0.29, 0.717) is 18.1 Å². The molecule has 3 N–H and O–H groups in total. The van der Waals surface area contributed by atoms with Gasteiger partial charge in [-0.1, -0.05) is 6.08 Å². The zero-order valence-corrected chi connectivity index (χ0v) is 13.4. The third-order valence-corrected chi connectivity index (χ3v) is 5.29. The SMILES string of the molecule is C=CCNC(=O)c1sc(N(C)CC)c(S(C)(=O)=O)c1N. The predicted octanol–water partition coefficient (Wildman–Crippen LogP) is 1.11. The number of carbonyl (C=O) groups excluding carboxylic acids is 1. The number of nitrogen functional groups attached to an aromatic ring is 1. The second kappa shape index (κ2) is 6.27. The molecule has 112 valence electrons. The fourth-order valence-electron chi connectivity index (χ4n) is 1.58. The van der Waals surface area contributed by atoms with Crippen molar-refractivity contribution in [3.63, 3.8) is 0 Å². The van der Waals surface area contributed by atoms with Crippen LogP contribution in [0.5, 0.6) is 0 Å². The molecule has 1 aromatic heterocycles. The minimum atomic E-state index is -3.51. The predicted molar refractivity (Wildman–Crippen MR) is 83.3 cm³/mol. The fraction of sp³-hybridized carbons (Fsp3) is 0.417. The van der Waals surface area contributed by atoms with Crippen molar-refractivity contribution < 1.29 is 13.2 Å². The highest BCUT2D eigenvalue weighted by atomic mass is 32.2. The fourth-order valence-corrected chi connectivity index (χ4v) is 4.26. The number of nitrogens with zero attached hydrogens (tertiary/aromatic N) is 1. The lowest BCUT2D eigenvalue weighted by molar-refractivity contribution is 0.0963. The van der Waals surface area contributed by atoms with E-state index in [0.717, 1.165) is 17.6 Å². The summed E-state index contributed by atoms with van der Waals surface area (Å²) >= 11 is 1.08. The van der Waals surface area contributed by atoms with Crippen molar-refractivity contribution in [1.29, 1.82) is 0 Å². The Bertz CT molecular complexity index is 620. The molecule has 1 rings (SSSR count). The first-order valence-electron chi connectivity index (χ1n) is 5.96. The summed E-state index contributed by atoms with van der Waals surface area (Å²) in [4.78, 5) is 14.0. The quantitative estimate of drug-likeness (QED) is 0.767. The van der Waals surface area contributed by atoms with Crippen molar-refractivity contribution in [2.24, 2.45) is 0 Å². The number of amides is 1. The molecule has 20 heavy (non-hydrogen) atoms. The Morgan fingerprint density at radius 2 is 2.15 bits per heavy atom. The van der Waals surface area contributed by atoms with Crippen LogP contribution in [-0.4, -0.2) is 40.7 Å². The van der Waals surface area contributed by atoms with Gasteiger partial charge in [0.05, 0.1) is 5.69 Å². The van der Waals surface area contributed by atoms with Crippen molar-refractivity contribution in [1.82, 2.24) is 5.32 Å². The molecule has 6 nitrogen and oxygen atoms in total. The van der Waals surface area contributed by atoms with Crippen LogP contribution in [-0.2, 0) is 9.84 Å². The molecule has 0 aliphatic heterocycles. The van der Waals surface area contributed by atoms with E-state index in [2.05, 4.69) is 11.9 Å². The summed E-state index contributed by atoms with van der Waals surface area (Å²) < 4.78 is 23.8. The Labute approximate surface area is 123 Å². The number of sulfone groups is 1. The van der Waals surface area contributed by atoms with Crippen LogP contribution in [0.3, 0.4) is 0 Å². The van der Waals surface area contributed by atoms with E-state index < -0.39 is 15.7 Å². The van der Waals surface area contributed by atoms with E-state index in [4.69, 9.17) is 5.73 Å². The summed E-state index contributed by atoms with van der Waals surface area (Å²) in [6, 6.07) is 0. The van der Waals surface area contributed by atoms with E-state index in [1.54, 1.807) is 11.9 Å². The minimum absolute atomic E-state index is 0.00867. The Morgan fingerprint density at radius 3 is 2.60 bits per heavy atom. The van der Waals surface area contributed by atoms with Crippen LogP contribution in [0, 0.1) is 0 Å². The normalized spacial score (nSPS) is 11.2. The van der Waals surface area contributed by atoms with Gasteiger partial charge in [-0.15, -0.1) is 17.9 Å². The summed E-state index contributed by atoms with van der Waals surface area (Å²) in [5.74, 6) is -0.395. The number of nitrogens with one attached hydrogen (secondary N) is 1. The molecule has 1 amide bonds. The number of thiophene rings is 1. The maximum Gasteiger partial charge on any atom is 0.263 e. The van der Waals surface area contributed by atoms with E-state index in [1.165, 1.54) is 6.08 Å². The van der Waals surface area contributed by atoms with Gasteiger partial charge >= 0.3 is 0 Å². The average Bonchev–Trinajstić information content (AvgIpc) is 2.72. The zero-order valence-electron chi connectivity index (χ0n) is 11.8. The topological polar surface area (TPSA) is 92.5 Å². The van der Waals surface area contributed by atoms with Gasteiger partial charge in [0.1, 0.15) is 14.8 Å². The first kappa shape index (κ1) is 16.5. The van der Waals surface area contributed by atoms with E-state index in [1.807, 2.05) is 6.92 Å². The molecule has 0 unspecified atom stereocenters. The van der Waals surface area contributed by atoms with Gasteiger partial charge in [-0.2, -0.15) is 0 Å². The summed E-state index contributed by atoms with van der Waals surface area (Å²) in [6.07, 6.45) is 2.63. The molecular weight excluding hydrogens is 298 g/mol. The maximum absolute atomic E-state index is 12.0. The molecule has 0 fully saturated rings. The number of rotatable bonds is 6. The molecule has 0 saturated heterocycles. The summed E-state index contributed by atoms with van der Waals surface area (Å²) in [7, 11) is -1.75. The Morgan fingerprint density at radius 1 is 1.55 bits per heavy atom. The average molecular weight is 317 g/mol. The van der Waals surface area contributed by atoms with Crippen LogP contribution in [0.15, 0.2) is 17.6 Å². The van der Waals surface area contributed by atoms with Crippen molar-refractivity contribution >= 4 is 37.8 Å². The van der Waals surface area contributed by atoms with Gasteiger partial charge in [0.25, 0.3) is 5.91 Å². The highest BCUT2D eigenvalue weighted by Gasteiger charge is 2.28. The lowest BCUT2D eigenvalue weighted by atomic mass is 10.3. The number of anilines is 2. The minimum Gasteiger partial charge on any atom is -0.396 e. The van der Waals surface area contributed by atoms with E-state index >= 15 is 0 Å². The monoisotopic (exact) mass is 317 g/mol. The molecule has 0 bridgehead atoms. The number of hydrogen-bond acceptors (Lipinski definition) is 6. The lowest BCUT2D eigenvalue weighted by Gasteiger charge is -2.15. The van der Waals surface area contributed by atoms with E-state index in [9.17, 15) is 13.2 Å². The standard InChI is InChI=1S/C12H19N3O3S2/c1-5-7-14-11(16)9-8(13)10(20(4,17)18)12(19-9)15(3)6-2/h5H,1,6-7,13H2,2-4H3,(H,14,16). The van der Waals surface area contributed by atoms with Crippen LogP contribution in [0.1, 0.15) is 16.6 Å². The van der Waals surface area contributed by atoms with Gasteiger partial charge in [-0.3, -0.25) is 4.79 Å². The molecule has 1 heterocycles. The summed E-state index contributed by atoms with van der Waals surface area (Å²) in [5, 5.41) is 3.08. The Balaban J connectivity index is 3.40. The second-order valence-corrected chi connectivity index (χ2v) is 7.22. The van der Waals surface area contributed by atoms with Crippen LogP contribution in [0.2, 0.25) is 0 Å². The second-order valence-electron chi connectivity index (χ2n) is 4.26. The number of nitrogens with two attached hydrogens (primary N) is 1. The molecule has 0 spiro atoms. The summed E-state index contributed by atoms with van der Waals surface area (Å²) in [6.45, 7) is 6.30. The molecule has 0 aliphatic carbocycles.